The van der Waals surface area contributed by atoms with Crippen LogP contribution in [0, 0.1) is 0 Å². The molecule has 8 heteroatoms. The second kappa shape index (κ2) is 3.69. The van der Waals surface area contributed by atoms with Crippen LogP contribution in [0.3, 0.4) is 0 Å². The molecule has 2 aromatic heterocycles. The summed E-state index contributed by atoms with van der Waals surface area (Å²) in [5.74, 6) is -0.0125. The summed E-state index contributed by atoms with van der Waals surface area (Å²) in [6.45, 7) is 0.345. The Balaban J connectivity index is 2.01. The first-order chi connectivity index (χ1) is 8.65. The van der Waals surface area contributed by atoms with Crippen molar-refractivity contribution < 1.29 is 9.59 Å². The van der Waals surface area contributed by atoms with Crippen molar-refractivity contribution in [3.05, 3.63) is 18.3 Å². The Morgan fingerprint density at radius 1 is 1.28 bits per heavy atom. The van der Waals surface area contributed by atoms with Crippen molar-refractivity contribution in [2.24, 2.45) is 0 Å². The van der Waals surface area contributed by atoms with E-state index in [0.29, 0.717) is 17.9 Å². The minimum absolute atomic E-state index is 0.250. The normalized spacial score (nSPS) is 16.1. The van der Waals surface area contributed by atoms with Crippen molar-refractivity contribution in [3.8, 4) is 0 Å². The largest absolute Gasteiger partial charge is 0.368 e. The molecule has 3 amide bonds. The van der Waals surface area contributed by atoms with Crippen LogP contribution < -0.4 is 16.0 Å². The third kappa shape index (κ3) is 1.54. The van der Waals surface area contributed by atoms with Crippen molar-refractivity contribution in [1.29, 1.82) is 0 Å². The van der Waals surface area contributed by atoms with Crippen LogP contribution in [0.4, 0.5) is 16.4 Å². The van der Waals surface area contributed by atoms with Crippen LogP contribution in [0.5, 0.6) is 0 Å². The van der Waals surface area contributed by atoms with Gasteiger partial charge < -0.3 is 5.73 Å². The number of nitrogens with zero attached hydrogens (tertiary/aromatic N) is 4. The lowest BCUT2D eigenvalue weighted by Gasteiger charge is -2.26. The highest BCUT2D eigenvalue weighted by molar-refractivity contribution is 6.05. The molecule has 8 nitrogen and oxygen atoms in total. The lowest BCUT2D eigenvalue weighted by Crippen LogP contribution is -2.49. The molecule has 0 unspecified atom stereocenters. The summed E-state index contributed by atoms with van der Waals surface area (Å²) in [5.41, 5.74) is 6.89. The van der Waals surface area contributed by atoms with E-state index in [0.717, 1.165) is 0 Å². The Morgan fingerprint density at radius 2 is 2.11 bits per heavy atom. The Hall–Kier alpha value is -2.64. The molecule has 0 aromatic carbocycles. The predicted octanol–water partition coefficient (Wildman–Crippen LogP) is -0.242. The van der Waals surface area contributed by atoms with E-state index >= 15 is 0 Å². The summed E-state index contributed by atoms with van der Waals surface area (Å²) in [6, 6.07) is 3.01. The number of urea groups is 1. The van der Waals surface area contributed by atoms with Gasteiger partial charge in [-0.25, -0.2) is 4.79 Å². The predicted molar refractivity (Wildman–Crippen MR) is 62.9 cm³/mol. The van der Waals surface area contributed by atoms with Crippen LogP contribution in [0.25, 0.3) is 5.65 Å². The van der Waals surface area contributed by atoms with E-state index < -0.39 is 6.03 Å². The number of anilines is 2. The number of nitrogens with two attached hydrogens (primary N) is 1. The van der Waals surface area contributed by atoms with Gasteiger partial charge >= 0.3 is 6.03 Å². The van der Waals surface area contributed by atoms with Gasteiger partial charge in [0.2, 0.25) is 11.9 Å². The summed E-state index contributed by atoms with van der Waals surface area (Å²) in [7, 11) is 0. The SMILES string of the molecule is Nc1nnc2ccc(N3CCC(=O)NC3=O)cn12. The maximum Gasteiger partial charge on any atom is 0.328 e. The van der Waals surface area contributed by atoms with Gasteiger partial charge in [0.05, 0.1) is 5.69 Å². The molecular weight excluding hydrogens is 236 g/mol. The number of imide groups is 1. The van der Waals surface area contributed by atoms with Crippen LogP contribution in [0.15, 0.2) is 18.3 Å². The lowest BCUT2D eigenvalue weighted by molar-refractivity contribution is -0.120. The van der Waals surface area contributed by atoms with Crippen molar-refractivity contribution in [2.45, 2.75) is 6.42 Å². The van der Waals surface area contributed by atoms with E-state index in [1.807, 2.05) is 0 Å². The Bertz CT molecular complexity index is 649. The molecule has 1 aliphatic heterocycles. The Morgan fingerprint density at radius 3 is 2.89 bits per heavy atom. The molecule has 2 aromatic rings. The summed E-state index contributed by atoms with van der Waals surface area (Å²) < 4.78 is 1.58. The van der Waals surface area contributed by atoms with E-state index in [1.54, 1.807) is 22.7 Å². The average molecular weight is 246 g/mol. The molecule has 3 rings (SSSR count). The van der Waals surface area contributed by atoms with Gasteiger partial charge in [-0.3, -0.25) is 19.4 Å². The molecule has 1 fully saturated rings. The fourth-order valence-corrected chi connectivity index (χ4v) is 1.87. The molecule has 3 N–H and O–H groups in total. The van der Waals surface area contributed by atoms with Gasteiger partial charge in [-0.1, -0.05) is 0 Å². The van der Waals surface area contributed by atoms with E-state index in [1.165, 1.54) is 4.90 Å². The van der Waals surface area contributed by atoms with Gasteiger partial charge in [-0.15, -0.1) is 10.2 Å². The maximum absolute atomic E-state index is 11.7. The summed E-state index contributed by atoms with van der Waals surface area (Å²) in [6.07, 6.45) is 1.95. The molecule has 0 bridgehead atoms. The van der Waals surface area contributed by atoms with Crippen LogP contribution in [0.1, 0.15) is 6.42 Å². The topological polar surface area (TPSA) is 106 Å². The second-order valence-electron chi connectivity index (χ2n) is 3.93. The number of hydrogen-bond acceptors (Lipinski definition) is 5. The van der Waals surface area contributed by atoms with Gasteiger partial charge in [0.1, 0.15) is 0 Å². The van der Waals surface area contributed by atoms with Gasteiger partial charge in [-0.05, 0) is 12.1 Å². The molecule has 1 aliphatic rings. The van der Waals surface area contributed by atoms with E-state index in [2.05, 4.69) is 15.5 Å². The highest BCUT2D eigenvalue weighted by atomic mass is 16.2. The van der Waals surface area contributed by atoms with Crippen molar-refractivity contribution >= 4 is 29.2 Å². The minimum atomic E-state index is -0.433. The number of carbonyl (C=O) groups excluding carboxylic acids is 2. The Labute approximate surface area is 101 Å². The fourth-order valence-electron chi connectivity index (χ4n) is 1.87. The highest BCUT2D eigenvalue weighted by Gasteiger charge is 2.24. The summed E-state index contributed by atoms with van der Waals surface area (Å²) >= 11 is 0. The zero-order valence-electron chi connectivity index (χ0n) is 9.33. The molecule has 0 aliphatic carbocycles. The van der Waals surface area contributed by atoms with Crippen LogP contribution >= 0.6 is 0 Å². The number of rotatable bonds is 1. The van der Waals surface area contributed by atoms with Crippen LogP contribution in [-0.2, 0) is 4.79 Å². The van der Waals surface area contributed by atoms with E-state index in [9.17, 15) is 9.59 Å². The summed E-state index contributed by atoms with van der Waals surface area (Å²) in [5, 5.41) is 9.84. The van der Waals surface area contributed by atoms with Gasteiger partial charge in [0.15, 0.2) is 5.65 Å². The average Bonchev–Trinajstić information content (AvgIpc) is 2.71. The number of amides is 3. The number of nitrogens with one attached hydrogen (secondary N) is 1. The van der Waals surface area contributed by atoms with Crippen molar-refractivity contribution in [1.82, 2.24) is 19.9 Å². The first kappa shape index (κ1) is 10.5. The van der Waals surface area contributed by atoms with Crippen molar-refractivity contribution in [3.63, 3.8) is 0 Å². The second-order valence-corrected chi connectivity index (χ2v) is 3.93. The first-order valence-electron chi connectivity index (χ1n) is 5.37. The molecule has 1 saturated heterocycles. The van der Waals surface area contributed by atoms with Crippen LogP contribution in [-0.4, -0.2) is 33.1 Å². The lowest BCUT2D eigenvalue weighted by atomic mass is 10.2. The minimum Gasteiger partial charge on any atom is -0.368 e. The Kier molecular flexibility index (Phi) is 2.15. The molecule has 92 valence electrons. The molecule has 0 radical (unpaired) electrons. The molecule has 0 saturated carbocycles. The summed E-state index contributed by atoms with van der Waals surface area (Å²) in [4.78, 5) is 24.2. The van der Waals surface area contributed by atoms with Crippen LogP contribution in [0.2, 0.25) is 0 Å². The molecular formula is C10H10N6O2. The maximum atomic E-state index is 11.7. The van der Waals surface area contributed by atoms with Crippen molar-refractivity contribution in [2.75, 3.05) is 17.2 Å². The number of hydrogen-bond donors (Lipinski definition) is 2. The molecule has 0 atom stereocenters. The highest BCUT2D eigenvalue weighted by Crippen LogP contribution is 2.18. The number of fused-ring (bicyclic) bond motifs is 1. The van der Waals surface area contributed by atoms with E-state index in [-0.39, 0.29) is 18.3 Å². The quantitative estimate of drug-likeness (QED) is 0.722. The fraction of sp³-hybridized carbons (Fsp3) is 0.200. The van der Waals surface area contributed by atoms with Gasteiger partial charge in [0, 0.05) is 19.2 Å². The zero-order chi connectivity index (χ0) is 12.7. The van der Waals surface area contributed by atoms with Gasteiger partial charge in [0.25, 0.3) is 0 Å². The van der Waals surface area contributed by atoms with Gasteiger partial charge in [-0.2, -0.15) is 0 Å². The monoisotopic (exact) mass is 246 g/mol. The zero-order valence-corrected chi connectivity index (χ0v) is 9.33. The number of aromatic nitrogens is 3. The molecule has 3 heterocycles. The standard InChI is InChI=1S/C10H10N6O2/c11-9-14-13-7-2-1-6(5-16(7)9)15-4-3-8(17)12-10(15)18/h1-2,5H,3-4H2,(H2,11,14)(H,12,17,18). The first-order valence-corrected chi connectivity index (χ1v) is 5.37. The number of pyridine rings is 1. The molecule has 18 heavy (non-hydrogen) atoms. The molecule has 0 spiro atoms. The smallest absolute Gasteiger partial charge is 0.328 e. The van der Waals surface area contributed by atoms with E-state index in [4.69, 9.17) is 5.73 Å². The number of nitrogen functional groups attached to an aromatic ring is 1. The number of carbonyl (C=O) groups is 2. The third-order valence-electron chi connectivity index (χ3n) is 2.78. The third-order valence-corrected chi connectivity index (χ3v) is 2.78.